The van der Waals surface area contributed by atoms with Crippen LogP contribution in [0.25, 0.3) is 0 Å². The maximum Gasteiger partial charge on any atom is 0.289 e. The second-order valence-electron chi connectivity index (χ2n) is 3.19. The minimum atomic E-state index is -3.49. The monoisotopic (exact) mass is 289 g/mol. The predicted octanol–water partition coefficient (Wildman–Crippen LogP) is 3.27. The average Bonchev–Trinajstić information content (AvgIpc) is 2.22. The maximum atomic E-state index is 13.2. The molecule has 0 unspecified atom stereocenters. The first-order valence-electron chi connectivity index (χ1n) is 4.18. The summed E-state index contributed by atoms with van der Waals surface area (Å²) in [5.41, 5.74) is 5.21. The van der Waals surface area contributed by atoms with E-state index in [0.29, 0.717) is 0 Å². The smallest absolute Gasteiger partial charge is 0.289 e. The topological polar surface area (TPSA) is 46.2 Å². The van der Waals surface area contributed by atoms with Crippen LogP contribution in [0, 0.1) is 0 Å². The van der Waals surface area contributed by atoms with E-state index >= 15 is 0 Å². The molecule has 90 valence electrons. The van der Waals surface area contributed by atoms with E-state index in [0.717, 1.165) is 0 Å². The van der Waals surface area contributed by atoms with Gasteiger partial charge in [-0.15, -0.1) is 0 Å². The van der Waals surface area contributed by atoms with Gasteiger partial charge in [0.2, 0.25) is 0 Å². The first-order chi connectivity index (χ1) is 7.29. The molecule has 3 N–H and O–H groups in total. The Hall–Kier alpha value is -0.130. The molecular weight excluding hydrogens is 282 g/mol. The second-order valence-corrected chi connectivity index (χ2v) is 4.41. The first kappa shape index (κ1) is 13.9. The highest BCUT2D eigenvalue weighted by Gasteiger charge is 2.38. The van der Waals surface area contributed by atoms with E-state index in [4.69, 9.17) is 45.6 Å². The lowest BCUT2D eigenvalue weighted by atomic mass is 10.0. The Morgan fingerprint density at radius 3 is 2.38 bits per heavy atom. The van der Waals surface area contributed by atoms with Crippen molar-refractivity contribution in [2.45, 2.75) is 12.0 Å². The molecule has 0 fully saturated rings. The Bertz CT molecular complexity index is 401. The van der Waals surface area contributed by atoms with Crippen LogP contribution in [0.15, 0.2) is 12.1 Å². The van der Waals surface area contributed by atoms with Gasteiger partial charge in [-0.05, 0) is 17.7 Å². The van der Waals surface area contributed by atoms with E-state index in [9.17, 15) is 8.78 Å². The summed E-state index contributed by atoms with van der Waals surface area (Å²) in [5, 5.41) is 8.61. The van der Waals surface area contributed by atoms with Crippen molar-refractivity contribution in [3.05, 3.63) is 32.8 Å². The summed E-state index contributed by atoms with van der Waals surface area (Å²) >= 11 is 17.1. The molecule has 0 radical (unpaired) electrons. The highest BCUT2D eigenvalue weighted by molar-refractivity contribution is 6.43. The summed E-state index contributed by atoms with van der Waals surface area (Å²) in [4.78, 5) is 0. The predicted molar refractivity (Wildman–Crippen MR) is 60.4 cm³/mol. The minimum Gasteiger partial charge on any atom is -0.390 e. The van der Waals surface area contributed by atoms with Gasteiger partial charge in [-0.2, -0.15) is 0 Å². The van der Waals surface area contributed by atoms with Crippen molar-refractivity contribution in [3.63, 3.8) is 0 Å². The number of aliphatic hydroxyl groups excluding tert-OH is 1. The van der Waals surface area contributed by atoms with E-state index in [1.54, 1.807) is 0 Å². The number of nitrogens with two attached hydrogens (primary N) is 1. The largest absolute Gasteiger partial charge is 0.390 e. The lowest BCUT2D eigenvalue weighted by Gasteiger charge is -2.23. The SMILES string of the molecule is N[C@H](c1cc(Cl)cc(Cl)c1Cl)C(F)(F)CO. The Morgan fingerprint density at radius 2 is 1.88 bits per heavy atom. The van der Waals surface area contributed by atoms with Crippen molar-refractivity contribution >= 4 is 34.8 Å². The molecule has 0 bridgehead atoms. The molecule has 0 spiro atoms. The molecule has 1 aromatic carbocycles. The van der Waals surface area contributed by atoms with Crippen molar-refractivity contribution in [1.82, 2.24) is 0 Å². The van der Waals surface area contributed by atoms with Crippen LogP contribution in [0.2, 0.25) is 15.1 Å². The first-order valence-corrected chi connectivity index (χ1v) is 5.31. The second kappa shape index (κ2) is 5.02. The summed E-state index contributed by atoms with van der Waals surface area (Å²) in [7, 11) is 0. The van der Waals surface area contributed by atoms with Crippen LogP contribution in [0.4, 0.5) is 8.78 Å². The Balaban J connectivity index is 3.23. The summed E-state index contributed by atoms with van der Waals surface area (Å²) < 4.78 is 26.3. The van der Waals surface area contributed by atoms with Crippen molar-refractivity contribution in [3.8, 4) is 0 Å². The zero-order valence-electron chi connectivity index (χ0n) is 7.85. The lowest BCUT2D eigenvalue weighted by Crippen LogP contribution is -2.36. The molecule has 0 aliphatic heterocycles. The van der Waals surface area contributed by atoms with Crippen LogP contribution in [0.3, 0.4) is 0 Å². The van der Waals surface area contributed by atoms with Crippen molar-refractivity contribution in [2.24, 2.45) is 5.73 Å². The van der Waals surface area contributed by atoms with Crippen molar-refractivity contribution in [1.29, 1.82) is 0 Å². The number of halogens is 5. The van der Waals surface area contributed by atoms with Gasteiger partial charge in [0.1, 0.15) is 6.61 Å². The summed E-state index contributed by atoms with van der Waals surface area (Å²) in [6.45, 7) is -1.38. The van der Waals surface area contributed by atoms with Gasteiger partial charge in [0.15, 0.2) is 0 Å². The molecule has 7 heteroatoms. The standard InChI is InChI=1S/C9H8Cl3F2NO/c10-4-1-5(7(12)6(11)2-4)8(15)9(13,14)3-16/h1-2,8,16H,3,15H2/t8-/m1/s1. The normalized spacial score (nSPS) is 13.9. The van der Waals surface area contributed by atoms with Gasteiger partial charge < -0.3 is 10.8 Å². The zero-order valence-corrected chi connectivity index (χ0v) is 10.1. The van der Waals surface area contributed by atoms with E-state index in [1.165, 1.54) is 12.1 Å². The number of hydrogen-bond donors (Lipinski definition) is 2. The third-order valence-corrected chi connectivity index (χ3v) is 3.06. The number of rotatable bonds is 3. The summed E-state index contributed by atoms with van der Waals surface area (Å²) in [5.74, 6) is -3.49. The molecule has 1 rings (SSSR count). The van der Waals surface area contributed by atoms with Gasteiger partial charge in [0.05, 0.1) is 16.1 Å². The number of benzene rings is 1. The van der Waals surface area contributed by atoms with E-state index in [-0.39, 0.29) is 20.6 Å². The summed E-state index contributed by atoms with van der Waals surface area (Å²) in [6, 6.07) is 0.754. The van der Waals surface area contributed by atoms with Crippen LogP contribution < -0.4 is 5.73 Å². The Morgan fingerprint density at radius 1 is 1.31 bits per heavy atom. The van der Waals surface area contributed by atoms with E-state index in [2.05, 4.69) is 0 Å². The Kier molecular flexibility index (Phi) is 4.37. The maximum absolute atomic E-state index is 13.2. The lowest BCUT2D eigenvalue weighted by molar-refractivity contribution is -0.0711. The molecule has 0 heterocycles. The molecule has 0 aliphatic rings. The molecule has 16 heavy (non-hydrogen) atoms. The number of aliphatic hydroxyl groups is 1. The van der Waals surface area contributed by atoms with Crippen molar-refractivity contribution in [2.75, 3.05) is 6.61 Å². The van der Waals surface area contributed by atoms with Crippen LogP contribution in [-0.2, 0) is 0 Å². The molecule has 0 aliphatic carbocycles. The van der Waals surface area contributed by atoms with Gasteiger partial charge in [0, 0.05) is 5.02 Å². The van der Waals surface area contributed by atoms with Crippen LogP contribution in [0.5, 0.6) is 0 Å². The van der Waals surface area contributed by atoms with Gasteiger partial charge in [0.25, 0.3) is 5.92 Å². The zero-order chi connectivity index (χ0) is 12.5. The van der Waals surface area contributed by atoms with Crippen molar-refractivity contribution < 1.29 is 13.9 Å². The van der Waals surface area contributed by atoms with Gasteiger partial charge in [-0.1, -0.05) is 34.8 Å². The average molecular weight is 291 g/mol. The van der Waals surface area contributed by atoms with Crippen LogP contribution in [-0.4, -0.2) is 17.6 Å². The van der Waals surface area contributed by atoms with E-state index < -0.39 is 18.6 Å². The fourth-order valence-electron chi connectivity index (χ4n) is 1.13. The van der Waals surface area contributed by atoms with Gasteiger partial charge in [-0.25, -0.2) is 8.78 Å². The third-order valence-electron chi connectivity index (χ3n) is 2.02. The molecule has 2 nitrogen and oxygen atoms in total. The molecule has 1 aromatic rings. The molecular formula is C9H8Cl3F2NO. The fraction of sp³-hybridized carbons (Fsp3) is 0.333. The molecule has 0 aromatic heterocycles. The van der Waals surface area contributed by atoms with Gasteiger partial charge >= 0.3 is 0 Å². The van der Waals surface area contributed by atoms with Crippen LogP contribution in [0.1, 0.15) is 11.6 Å². The van der Waals surface area contributed by atoms with E-state index in [1.807, 2.05) is 0 Å². The number of alkyl halides is 2. The van der Waals surface area contributed by atoms with Gasteiger partial charge in [-0.3, -0.25) is 0 Å². The molecule has 0 saturated heterocycles. The number of hydrogen-bond acceptors (Lipinski definition) is 2. The molecule has 1 atom stereocenters. The molecule has 0 saturated carbocycles. The highest BCUT2D eigenvalue weighted by atomic mass is 35.5. The summed E-state index contributed by atoms with van der Waals surface area (Å²) in [6.07, 6.45) is 0. The molecule has 0 amide bonds. The Labute approximate surface area is 106 Å². The fourth-order valence-corrected chi connectivity index (χ4v) is 1.86. The van der Waals surface area contributed by atoms with Crippen LogP contribution >= 0.6 is 34.8 Å². The third kappa shape index (κ3) is 2.76. The minimum absolute atomic E-state index is 0.0355. The quantitative estimate of drug-likeness (QED) is 0.839. The highest BCUT2D eigenvalue weighted by Crippen LogP contribution is 2.38.